The van der Waals surface area contributed by atoms with Crippen LogP contribution in [0.3, 0.4) is 0 Å². The number of nitrogens with one attached hydrogen (secondary N) is 1. The van der Waals surface area contributed by atoms with Gasteiger partial charge in [-0.3, -0.25) is 0 Å². The normalized spacial score (nSPS) is 10.7. The maximum absolute atomic E-state index is 5.32. The van der Waals surface area contributed by atoms with E-state index in [2.05, 4.69) is 29.4 Å². The Kier molecular flexibility index (Phi) is 4.79. The van der Waals surface area contributed by atoms with E-state index >= 15 is 0 Å². The maximum Gasteiger partial charge on any atom is 0.230 e. The Morgan fingerprint density at radius 1 is 1.26 bits per heavy atom. The number of aromatic nitrogens is 1. The highest BCUT2D eigenvalue weighted by molar-refractivity contribution is 7.15. The number of thiophene rings is 1. The number of aryl methyl sites for hydroxylation is 1. The van der Waals surface area contributed by atoms with Crippen molar-refractivity contribution in [2.75, 3.05) is 26.1 Å². The van der Waals surface area contributed by atoms with Crippen LogP contribution in [0.25, 0.3) is 0 Å². The highest BCUT2D eigenvalue weighted by atomic mass is 32.1. The predicted molar refractivity (Wildman–Crippen MR) is 82.6 cm³/mol. The summed E-state index contributed by atoms with van der Waals surface area (Å²) in [7, 11) is 5.65. The van der Waals surface area contributed by atoms with E-state index < -0.39 is 0 Å². The maximum atomic E-state index is 5.32. The van der Waals surface area contributed by atoms with E-state index in [1.807, 2.05) is 30.3 Å². The quantitative estimate of drug-likeness (QED) is 0.889. The molecule has 4 nitrogen and oxygen atoms in total. The lowest BCUT2D eigenvalue weighted by Gasteiger charge is -2.05. The summed E-state index contributed by atoms with van der Waals surface area (Å²) >= 11 is 3.49. The van der Waals surface area contributed by atoms with Gasteiger partial charge in [-0.05, 0) is 19.1 Å². The molecule has 0 fully saturated rings. The molecule has 2 aromatic rings. The van der Waals surface area contributed by atoms with Crippen LogP contribution < -0.4 is 15.0 Å². The van der Waals surface area contributed by atoms with Gasteiger partial charge in [0.2, 0.25) is 5.88 Å². The van der Waals surface area contributed by atoms with E-state index in [1.165, 1.54) is 9.75 Å². The smallest absolute Gasteiger partial charge is 0.230 e. The summed E-state index contributed by atoms with van der Waals surface area (Å²) in [5.74, 6) is 0.726. The van der Waals surface area contributed by atoms with Crippen LogP contribution in [0.1, 0.15) is 14.6 Å². The molecule has 104 valence electrons. The van der Waals surface area contributed by atoms with E-state index in [-0.39, 0.29) is 0 Å². The molecule has 19 heavy (non-hydrogen) atoms. The Hall–Kier alpha value is -1.11. The van der Waals surface area contributed by atoms with Gasteiger partial charge in [-0.25, -0.2) is 0 Å². The van der Waals surface area contributed by atoms with Crippen LogP contribution in [0, 0.1) is 6.92 Å². The minimum Gasteiger partial charge on any atom is -0.480 e. The van der Waals surface area contributed by atoms with Gasteiger partial charge in [0, 0.05) is 36.9 Å². The van der Waals surface area contributed by atoms with E-state index in [4.69, 9.17) is 4.74 Å². The third kappa shape index (κ3) is 3.68. The summed E-state index contributed by atoms with van der Waals surface area (Å²) < 4.78 is 5.32. The van der Waals surface area contributed by atoms with E-state index in [0.29, 0.717) is 0 Å². The van der Waals surface area contributed by atoms with Crippen LogP contribution in [0.2, 0.25) is 0 Å². The fraction of sp³-hybridized carbons (Fsp3) is 0.462. The SMILES string of the molecule is COc1nc(N(C)C)sc1CNCc1ccc(C)s1. The summed E-state index contributed by atoms with van der Waals surface area (Å²) in [5, 5.41) is 4.41. The van der Waals surface area contributed by atoms with Gasteiger partial charge < -0.3 is 15.0 Å². The molecule has 2 aromatic heterocycles. The molecule has 0 atom stereocenters. The molecule has 0 radical (unpaired) electrons. The summed E-state index contributed by atoms with van der Waals surface area (Å²) in [6.45, 7) is 3.80. The third-order valence-electron chi connectivity index (χ3n) is 2.61. The highest BCUT2D eigenvalue weighted by Crippen LogP contribution is 2.30. The topological polar surface area (TPSA) is 37.4 Å². The molecule has 6 heteroatoms. The standard InChI is InChI=1S/C13H19N3OS2/c1-9-5-6-10(18-9)7-14-8-11-12(17-4)15-13(19-11)16(2)3/h5-6,14H,7-8H2,1-4H3. The largest absolute Gasteiger partial charge is 0.480 e. The van der Waals surface area contributed by atoms with Gasteiger partial charge in [0.1, 0.15) is 0 Å². The molecule has 0 aliphatic heterocycles. The number of hydrogen-bond acceptors (Lipinski definition) is 6. The van der Waals surface area contributed by atoms with Crippen molar-refractivity contribution >= 4 is 27.8 Å². The van der Waals surface area contributed by atoms with Crippen molar-refractivity contribution in [1.82, 2.24) is 10.3 Å². The first-order valence-corrected chi connectivity index (χ1v) is 7.70. The number of anilines is 1. The zero-order valence-electron chi connectivity index (χ0n) is 11.7. The molecule has 0 saturated carbocycles. The molecular weight excluding hydrogens is 278 g/mol. The predicted octanol–water partition coefficient (Wildman–Crippen LogP) is 2.88. The molecule has 0 aromatic carbocycles. The molecule has 0 bridgehead atoms. The monoisotopic (exact) mass is 297 g/mol. The summed E-state index contributed by atoms with van der Waals surface area (Å²) in [6.07, 6.45) is 0. The van der Waals surface area contributed by atoms with Crippen LogP contribution in [-0.2, 0) is 13.1 Å². The number of nitrogens with zero attached hydrogens (tertiary/aromatic N) is 2. The number of rotatable bonds is 6. The van der Waals surface area contributed by atoms with Crippen molar-refractivity contribution in [1.29, 1.82) is 0 Å². The molecule has 0 unspecified atom stereocenters. The van der Waals surface area contributed by atoms with Crippen LogP contribution in [-0.4, -0.2) is 26.2 Å². The second kappa shape index (κ2) is 6.36. The molecular formula is C13H19N3OS2. The third-order valence-corrected chi connectivity index (χ3v) is 4.81. The molecule has 0 saturated heterocycles. The van der Waals surface area contributed by atoms with Crippen molar-refractivity contribution in [3.63, 3.8) is 0 Å². The summed E-state index contributed by atoms with van der Waals surface area (Å²) in [5.41, 5.74) is 0. The lowest BCUT2D eigenvalue weighted by molar-refractivity contribution is 0.395. The lowest BCUT2D eigenvalue weighted by atomic mass is 10.4. The Balaban J connectivity index is 1.95. The Morgan fingerprint density at radius 2 is 2.05 bits per heavy atom. The second-order valence-corrected chi connectivity index (χ2v) is 6.87. The molecule has 0 amide bonds. The minimum absolute atomic E-state index is 0.726. The van der Waals surface area contributed by atoms with Crippen LogP contribution in [0.5, 0.6) is 5.88 Å². The van der Waals surface area contributed by atoms with Crippen molar-refractivity contribution < 1.29 is 4.74 Å². The molecule has 2 heterocycles. The van der Waals surface area contributed by atoms with Crippen molar-refractivity contribution in [3.8, 4) is 5.88 Å². The zero-order chi connectivity index (χ0) is 13.8. The number of hydrogen-bond donors (Lipinski definition) is 1. The van der Waals surface area contributed by atoms with E-state index in [0.717, 1.165) is 29.0 Å². The highest BCUT2D eigenvalue weighted by Gasteiger charge is 2.12. The van der Waals surface area contributed by atoms with Crippen LogP contribution in [0.4, 0.5) is 5.13 Å². The molecule has 0 aliphatic carbocycles. The number of methoxy groups -OCH3 is 1. The van der Waals surface area contributed by atoms with Gasteiger partial charge in [0.05, 0.1) is 12.0 Å². The average molecular weight is 297 g/mol. The first-order valence-electron chi connectivity index (χ1n) is 6.07. The average Bonchev–Trinajstić information content (AvgIpc) is 2.96. The first-order chi connectivity index (χ1) is 9.10. The first kappa shape index (κ1) is 14.3. The van der Waals surface area contributed by atoms with Gasteiger partial charge >= 0.3 is 0 Å². The molecule has 1 N–H and O–H groups in total. The van der Waals surface area contributed by atoms with Gasteiger partial charge in [0.15, 0.2) is 5.13 Å². The van der Waals surface area contributed by atoms with Crippen LogP contribution in [0.15, 0.2) is 12.1 Å². The zero-order valence-corrected chi connectivity index (χ0v) is 13.3. The van der Waals surface area contributed by atoms with E-state index in [9.17, 15) is 0 Å². The van der Waals surface area contributed by atoms with Crippen molar-refractivity contribution in [3.05, 3.63) is 26.8 Å². The summed E-state index contributed by atoms with van der Waals surface area (Å²) in [6, 6.07) is 4.32. The van der Waals surface area contributed by atoms with Crippen molar-refractivity contribution in [2.45, 2.75) is 20.0 Å². The Morgan fingerprint density at radius 3 is 2.63 bits per heavy atom. The van der Waals surface area contributed by atoms with Gasteiger partial charge in [-0.1, -0.05) is 11.3 Å². The fourth-order valence-corrected chi connectivity index (χ4v) is 3.45. The Bertz CT molecular complexity index is 534. The van der Waals surface area contributed by atoms with Gasteiger partial charge in [-0.15, -0.1) is 11.3 Å². The molecule has 0 aliphatic rings. The van der Waals surface area contributed by atoms with E-state index in [1.54, 1.807) is 18.4 Å². The molecule has 0 spiro atoms. The van der Waals surface area contributed by atoms with Crippen molar-refractivity contribution in [2.24, 2.45) is 0 Å². The minimum atomic E-state index is 0.726. The second-order valence-electron chi connectivity index (χ2n) is 4.44. The Labute approximate surface area is 122 Å². The number of ether oxygens (including phenoxy) is 1. The summed E-state index contributed by atoms with van der Waals surface area (Å²) in [4.78, 5) is 10.3. The lowest BCUT2D eigenvalue weighted by Crippen LogP contribution is -2.11. The van der Waals surface area contributed by atoms with Gasteiger partial charge in [0.25, 0.3) is 0 Å². The number of thiazole rings is 1. The fourth-order valence-electron chi connectivity index (χ4n) is 1.67. The molecule has 2 rings (SSSR count). The van der Waals surface area contributed by atoms with Crippen LogP contribution >= 0.6 is 22.7 Å². The van der Waals surface area contributed by atoms with Gasteiger partial charge in [-0.2, -0.15) is 4.98 Å².